The predicted octanol–water partition coefficient (Wildman–Crippen LogP) is 4.38. The summed E-state index contributed by atoms with van der Waals surface area (Å²) in [4.78, 5) is 14.4. The third-order valence-electron chi connectivity index (χ3n) is 5.57. The normalized spacial score (nSPS) is 16.9. The van der Waals surface area contributed by atoms with Crippen LogP contribution in [0.25, 0.3) is 27.6 Å². The van der Waals surface area contributed by atoms with Gasteiger partial charge in [-0.15, -0.1) is 5.10 Å². The van der Waals surface area contributed by atoms with E-state index in [1.807, 2.05) is 43.2 Å². The summed E-state index contributed by atoms with van der Waals surface area (Å²) in [5.74, 6) is -0.141. The number of allylic oxidation sites excluding steroid dienone is 1. The van der Waals surface area contributed by atoms with Crippen LogP contribution < -0.4 is 0 Å². The molecule has 5 rings (SSSR count). The average Bonchev–Trinajstić information content (AvgIpc) is 3.42. The fraction of sp³-hybridized carbons (Fsp3) is 0.304. The molecule has 4 aromatic rings. The lowest BCUT2D eigenvalue weighted by molar-refractivity contribution is -0.0366. The van der Waals surface area contributed by atoms with E-state index in [4.69, 9.17) is 16.3 Å². The summed E-state index contributed by atoms with van der Waals surface area (Å²) in [7, 11) is 3.72. The zero-order valence-corrected chi connectivity index (χ0v) is 18.7. The minimum Gasteiger partial charge on any atom is -0.383 e. The van der Waals surface area contributed by atoms with Gasteiger partial charge in [-0.1, -0.05) is 16.8 Å². The van der Waals surface area contributed by atoms with Crippen molar-refractivity contribution in [2.24, 2.45) is 0 Å². The fourth-order valence-electron chi connectivity index (χ4n) is 3.93. The molecule has 1 atom stereocenters. The van der Waals surface area contributed by atoms with Crippen LogP contribution in [0, 0.1) is 0 Å². The highest BCUT2D eigenvalue weighted by Crippen LogP contribution is 2.29. The van der Waals surface area contributed by atoms with Crippen molar-refractivity contribution in [2.75, 3.05) is 20.7 Å². The molecular weight excluding hydrogens is 428 g/mol. The van der Waals surface area contributed by atoms with E-state index in [1.54, 1.807) is 27.9 Å². The molecule has 0 N–H and O–H groups in total. The monoisotopic (exact) mass is 450 g/mol. The average molecular weight is 451 g/mol. The minimum atomic E-state index is -0.141. The van der Waals surface area contributed by atoms with Crippen molar-refractivity contribution in [3.8, 4) is 5.69 Å². The third-order valence-corrected chi connectivity index (χ3v) is 5.86. The topological polar surface area (TPSA) is 78.1 Å². The van der Waals surface area contributed by atoms with Crippen LogP contribution in [0.15, 0.2) is 48.8 Å². The highest BCUT2D eigenvalue weighted by molar-refractivity contribution is 6.35. The molecule has 0 bridgehead atoms. The Kier molecular flexibility index (Phi) is 5.40. The van der Waals surface area contributed by atoms with Gasteiger partial charge in [-0.25, -0.2) is 9.36 Å². The zero-order chi connectivity index (χ0) is 22.2. The Hall–Kier alpha value is -3.23. The highest BCUT2D eigenvalue weighted by Gasteiger charge is 2.20. The van der Waals surface area contributed by atoms with E-state index in [2.05, 4.69) is 15.4 Å². The lowest BCUT2D eigenvalue weighted by Gasteiger charge is -2.23. The molecule has 9 heteroatoms. The molecule has 0 spiro atoms. The number of rotatable bonds is 5. The third kappa shape index (κ3) is 3.76. The molecule has 32 heavy (non-hydrogen) atoms. The number of carbonyl (C=O) groups excluding carboxylic acids is 1. The number of aromatic nitrogens is 5. The summed E-state index contributed by atoms with van der Waals surface area (Å²) in [5.41, 5.74) is 3.46. The van der Waals surface area contributed by atoms with Gasteiger partial charge in [0.1, 0.15) is 5.52 Å². The second kappa shape index (κ2) is 8.37. The van der Waals surface area contributed by atoms with Gasteiger partial charge in [0.15, 0.2) is 12.0 Å². The van der Waals surface area contributed by atoms with E-state index in [1.165, 1.54) is 6.08 Å². The van der Waals surface area contributed by atoms with E-state index >= 15 is 0 Å². The van der Waals surface area contributed by atoms with Gasteiger partial charge in [0.2, 0.25) is 0 Å². The quantitative estimate of drug-likeness (QED) is 0.331. The molecule has 3 heterocycles. The molecule has 0 saturated carbocycles. The number of benzene rings is 2. The standard InChI is InChI=1S/C23H23ClN6O2/c1-28(2)9-8-21(31)16-11-18(24)23-20(12-16)29(27-26-23)17-7-6-15-14-25-30(19(15)13-17)22-5-3-4-10-32-22/h6-9,11-14,22H,3-5,10H2,1-2H3/b9-8+. The minimum absolute atomic E-state index is 0.0638. The fourth-order valence-corrected chi connectivity index (χ4v) is 4.18. The lowest BCUT2D eigenvalue weighted by Crippen LogP contribution is -2.19. The predicted molar refractivity (Wildman–Crippen MR) is 123 cm³/mol. The van der Waals surface area contributed by atoms with Gasteiger partial charge < -0.3 is 9.64 Å². The number of carbonyl (C=O) groups is 1. The summed E-state index contributed by atoms with van der Waals surface area (Å²) in [6, 6.07) is 9.38. The second-order valence-electron chi connectivity index (χ2n) is 8.12. The maximum atomic E-state index is 12.6. The van der Waals surface area contributed by atoms with Gasteiger partial charge in [-0.05, 0) is 49.6 Å². The Balaban J connectivity index is 1.59. The van der Waals surface area contributed by atoms with Gasteiger partial charge in [-0.3, -0.25) is 4.79 Å². The first-order chi connectivity index (χ1) is 15.5. The summed E-state index contributed by atoms with van der Waals surface area (Å²) >= 11 is 6.44. The van der Waals surface area contributed by atoms with Crippen LogP contribution in [-0.4, -0.2) is 56.2 Å². The number of nitrogens with zero attached hydrogens (tertiary/aromatic N) is 6. The van der Waals surface area contributed by atoms with E-state index in [-0.39, 0.29) is 12.0 Å². The van der Waals surface area contributed by atoms with Gasteiger partial charge in [0.25, 0.3) is 0 Å². The van der Waals surface area contributed by atoms with Crippen LogP contribution in [-0.2, 0) is 4.74 Å². The van der Waals surface area contributed by atoms with Crippen molar-refractivity contribution in [1.29, 1.82) is 0 Å². The molecule has 1 fully saturated rings. The van der Waals surface area contributed by atoms with E-state index in [9.17, 15) is 4.79 Å². The van der Waals surface area contributed by atoms with Crippen LogP contribution in [0.5, 0.6) is 0 Å². The molecule has 1 aliphatic heterocycles. The van der Waals surface area contributed by atoms with Crippen molar-refractivity contribution >= 4 is 39.3 Å². The summed E-state index contributed by atoms with van der Waals surface area (Å²) in [6.07, 6.45) is 8.15. The lowest BCUT2D eigenvalue weighted by atomic mass is 10.1. The summed E-state index contributed by atoms with van der Waals surface area (Å²) in [6.45, 7) is 0.747. The molecule has 2 aromatic carbocycles. The molecular formula is C23H23ClN6O2. The van der Waals surface area contributed by atoms with Gasteiger partial charge in [0, 0.05) is 43.9 Å². The maximum absolute atomic E-state index is 12.6. The number of ketones is 1. The van der Waals surface area contributed by atoms with E-state index in [0.717, 1.165) is 42.5 Å². The maximum Gasteiger partial charge on any atom is 0.187 e. The van der Waals surface area contributed by atoms with Gasteiger partial charge in [0.05, 0.1) is 27.9 Å². The largest absolute Gasteiger partial charge is 0.383 e. The molecule has 0 aliphatic carbocycles. The second-order valence-corrected chi connectivity index (χ2v) is 8.53. The zero-order valence-electron chi connectivity index (χ0n) is 17.9. The summed E-state index contributed by atoms with van der Waals surface area (Å²) < 4.78 is 9.57. The smallest absolute Gasteiger partial charge is 0.187 e. The first kappa shape index (κ1) is 20.7. The van der Waals surface area contributed by atoms with Crippen molar-refractivity contribution in [2.45, 2.75) is 25.5 Å². The Bertz CT molecular complexity index is 1330. The Morgan fingerprint density at radius 3 is 2.88 bits per heavy atom. The molecule has 0 radical (unpaired) electrons. The molecule has 1 unspecified atom stereocenters. The molecule has 2 aromatic heterocycles. The Labute approximate surface area is 190 Å². The van der Waals surface area contributed by atoms with Crippen LogP contribution in [0.3, 0.4) is 0 Å². The molecule has 1 saturated heterocycles. The van der Waals surface area contributed by atoms with Crippen LogP contribution >= 0.6 is 11.6 Å². The van der Waals surface area contributed by atoms with Gasteiger partial charge >= 0.3 is 0 Å². The molecule has 164 valence electrons. The first-order valence-corrected chi connectivity index (χ1v) is 10.9. The van der Waals surface area contributed by atoms with Crippen LogP contribution in [0.4, 0.5) is 0 Å². The molecule has 8 nitrogen and oxygen atoms in total. The number of fused-ring (bicyclic) bond motifs is 2. The molecule has 0 amide bonds. The van der Waals surface area contributed by atoms with Crippen LogP contribution in [0.1, 0.15) is 35.8 Å². The SMILES string of the molecule is CN(C)/C=C/C(=O)c1cc(Cl)c2nnn(-c3ccc4cnn(C5CCCCO5)c4c3)c2c1. The first-order valence-electron chi connectivity index (χ1n) is 10.5. The Morgan fingerprint density at radius 1 is 1.22 bits per heavy atom. The van der Waals surface area contributed by atoms with E-state index < -0.39 is 0 Å². The van der Waals surface area contributed by atoms with Crippen molar-refractivity contribution in [3.05, 3.63) is 59.4 Å². The summed E-state index contributed by atoms with van der Waals surface area (Å²) in [5, 5.41) is 14.5. The molecule has 1 aliphatic rings. The number of ether oxygens (including phenoxy) is 1. The van der Waals surface area contributed by atoms with E-state index in [0.29, 0.717) is 21.6 Å². The van der Waals surface area contributed by atoms with Crippen molar-refractivity contribution < 1.29 is 9.53 Å². The van der Waals surface area contributed by atoms with Crippen molar-refractivity contribution in [1.82, 2.24) is 29.7 Å². The van der Waals surface area contributed by atoms with Gasteiger partial charge in [-0.2, -0.15) is 5.10 Å². The van der Waals surface area contributed by atoms with Crippen LogP contribution in [0.2, 0.25) is 5.02 Å². The highest BCUT2D eigenvalue weighted by atomic mass is 35.5. The Morgan fingerprint density at radius 2 is 2.09 bits per heavy atom. The number of halogens is 1. The number of hydrogen-bond acceptors (Lipinski definition) is 6. The van der Waals surface area contributed by atoms with Crippen molar-refractivity contribution in [3.63, 3.8) is 0 Å². The number of hydrogen-bond donors (Lipinski definition) is 0.